The summed E-state index contributed by atoms with van der Waals surface area (Å²) in [5.74, 6) is 2.14. The second-order valence-corrected chi connectivity index (χ2v) is 7.38. The summed E-state index contributed by atoms with van der Waals surface area (Å²) in [5, 5.41) is 2.83. The van der Waals surface area contributed by atoms with E-state index in [1.54, 1.807) is 13.2 Å². The van der Waals surface area contributed by atoms with Gasteiger partial charge in [0.05, 0.1) is 20.3 Å². The molecule has 1 aliphatic heterocycles. The van der Waals surface area contributed by atoms with E-state index in [4.69, 9.17) is 4.74 Å². The Labute approximate surface area is 152 Å². The van der Waals surface area contributed by atoms with Gasteiger partial charge in [-0.2, -0.15) is 0 Å². The molecule has 0 aromatic rings. The third-order valence-corrected chi connectivity index (χ3v) is 4.03. The maximum Gasteiger partial charge on any atom is 0.330 e. The van der Waals surface area contributed by atoms with E-state index in [9.17, 15) is 9.59 Å². The lowest BCUT2D eigenvalue weighted by Gasteiger charge is -2.15. The second kappa shape index (κ2) is 11.7. The summed E-state index contributed by atoms with van der Waals surface area (Å²) in [7, 11) is 3.00. The topological polar surface area (TPSA) is 64.6 Å². The Hall–Kier alpha value is -1.78. The molecular weight excluding hydrogens is 318 g/mol. The van der Waals surface area contributed by atoms with E-state index in [2.05, 4.69) is 44.7 Å². The van der Waals surface area contributed by atoms with Gasteiger partial charge >= 0.3 is 5.97 Å². The van der Waals surface area contributed by atoms with Crippen molar-refractivity contribution in [3.05, 3.63) is 23.5 Å². The first kappa shape index (κ1) is 23.2. The van der Waals surface area contributed by atoms with Crippen molar-refractivity contribution in [3.8, 4) is 0 Å². The van der Waals surface area contributed by atoms with Crippen LogP contribution in [0.25, 0.3) is 0 Å². The molecule has 0 saturated heterocycles. The lowest BCUT2D eigenvalue weighted by Crippen LogP contribution is -2.30. The SMILES string of the molecule is COC(=O)/C=C(/C)[C@@H](C)CC(C)C.COC1=CC(=O)NC1CC(C)C. The molecule has 0 aromatic carbocycles. The normalized spacial score (nSPS) is 18.3. The molecule has 144 valence electrons. The van der Waals surface area contributed by atoms with E-state index >= 15 is 0 Å². The molecule has 0 aromatic heterocycles. The van der Waals surface area contributed by atoms with E-state index in [0.29, 0.717) is 17.8 Å². The molecule has 5 heteroatoms. The van der Waals surface area contributed by atoms with Crippen LogP contribution >= 0.6 is 0 Å². The van der Waals surface area contributed by atoms with E-state index < -0.39 is 0 Å². The van der Waals surface area contributed by atoms with Gasteiger partial charge in [-0.3, -0.25) is 4.79 Å². The van der Waals surface area contributed by atoms with Gasteiger partial charge in [-0.25, -0.2) is 4.79 Å². The zero-order valence-corrected chi connectivity index (χ0v) is 17.0. The van der Waals surface area contributed by atoms with Crippen LogP contribution in [0.1, 0.15) is 54.4 Å². The summed E-state index contributed by atoms with van der Waals surface area (Å²) in [6.07, 6.45) is 5.14. The predicted octanol–water partition coefficient (Wildman–Crippen LogP) is 3.85. The van der Waals surface area contributed by atoms with Crippen LogP contribution in [0.15, 0.2) is 23.5 Å². The van der Waals surface area contributed by atoms with Crippen LogP contribution in [0.5, 0.6) is 0 Å². The smallest absolute Gasteiger partial charge is 0.330 e. The predicted molar refractivity (Wildman–Crippen MR) is 101 cm³/mol. The number of carbonyl (C=O) groups excluding carboxylic acids is 2. The number of carbonyl (C=O) groups is 2. The van der Waals surface area contributed by atoms with Crippen LogP contribution in [0.2, 0.25) is 0 Å². The minimum absolute atomic E-state index is 0.0440. The lowest BCUT2D eigenvalue weighted by molar-refractivity contribution is -0.134. The monoisotopic (exact) mass is 353 g/mol. The molecule has 1 rings (SSSR count). The van der Waals surface area contributed by atoms with Gasteiger partial charge in [0.2, 0.25) is 5.91 Å². The number of amides is 1. The van der Waals surface area contributed by atoms with Crippen LogP contribution in [-0.2, 0) is 19.1 Å². The first-order valence-corrected chi connectivity index (χ1v) is 8.92. The van der Waals surface area contributed by atoms with Crippen molar-refractivity contribution in [2.75, 3.05) is 14.2 Å². The third-order valence-electron chi connectivity index (χ3n) is 4.03. The number of allylic oxidation sites excluding steroid dienone is 1. The van der Waals surface area contributed by atoms with Crippen molar-refractivity contribution in [3.63, 3.8) is 0 Å². The molecule has 25 heavy (non-hydrogen) atoms. The van der Waals surface area contributed by atoms with Gasteiger partial charge in [0.25, 0.3) is 0 Å². The minimum atomic E-state index is -0.256. The van der Waals surface area contributed by atoms with Gasteiger partial charge in [0.15, 0.2) is 0 Å². The Balaban J connectivity index is 0.000000462. The quantitative estimate of drug-likeness (QED) is 0.558. The van der Waals surface area contributed by atoms with Crippen LogP contribution < -0.4 is 5.32 Å². The van der Waals surface area contributed by atoms with E-state index in [1.807, 2.05) is 6.92 Å². The molecule has 0 radical (unpaired) electrons. The molecule has 0 aliphatic carbocycles. The molecule has 1 heterocycles. The lowest BCUT2D eigenvalue weighted by atomic mass is 9.92. The van der Waals surface area contributed by atoms with Gasteiger partial charge in [-0.15, -0.1) is 0 Å². The summed E-state index contributed by atoms with van der Waals surface area (Å²) in [6.45, 7) is 12.7. The number of rotatable bonds is 7. The highest BCUT2D eigenvalue weighted by molar-refractivity contribution is 5.91. The molecule has 0 spiro atoms. The highest BCUT2D eigenvalue weighted by Crippen LogP contribution is 2.19. The number of ether oxygens (including phenoxy) is 2. The third kappa shape index (κ3) is 9.95. The van der Waals surface area contributed by atoms with E-state index in [-0.39, 0.29) is 17.9 Å². The van der Waals surface area contributed by atoms with E-state index in [0.717, 1.165) is 24.2 Å². The highest BCUT2D eigenvalue weighted by Gasteiger charge is 2.24. The Kier molecular flexibility index (Phi) is 10.9. The largest absolute Gasteiger partial charge is 0.499 e. The van der Waals surface area contributed by atoms with Gasteiger partial charge in [-0.1, -0.05) is 40.2 Å². The molecule has 1 unspecified atom stereocenters. The Morgan fingerprint density at radius 2 is 1.80 bits per heavy atom. The number of nitrogens with one attached hydrogen (secondary N) is 1. The molecular formula is C20H35NO4. The average molecular weight is 354 g/mol. The number of hydrogen-bond acceptors (Lipinski definition) is 4. The van der Waals surface area contributed by atoms with Crippen molar-refractivity contribution < 1.29 is 19.1 Å². The number of hydrogen-bond donors (Lipinski definition) is 1. The molecule has 1 aliphatic rings. The van der Waals surface area contributed by atoms with Gasteiger partial charge in [0.1, 0.15) is 5.76 Å². The maximum absolute atomic E-state index is 10.9. The maximum atomic E-state index is 10.9. The van der Waals surface area contributed by atoms with Crippen molar-refractivity contribution in [1.29, 1.82) is 0 Å². The summed E-state index contributed by atoms with van der Waals surface area (Å²) in [6, 6.07) is 0.0856. The Morgan fingerprint density at radius 1 is 1.20 bits per heavy atom. The summed E-state index contributed by atoms with van der Waals surface area (Å²) in [5.41, 5.74) is 1.10. The molecule has 1 amide bonds. The molecule has 2 atom stereocenters. The fourth-order valence-corrected chi connectivity index (χ4v) is 2.64. The molecule has 1 N–H and O–H groups in total. The fraction of sp³-hybridized carbons (Fsp3) is 0.700. The van der Waals surface area contributed by atoms with Crippen LogP contribution in [0, 0.1) is 17.8 Å². The first-order valence-electron chi connectivity index (χ1n) is 8.92. The molecule has 0 fully saturated rings. The van der Waals surface area contributed by atoms with Gasteiger partial charge in [0, 0.05) is 12.2 Å². The minimum Gasteiger partial charge on any atom is -0.499 e. The second-order valence-electron chi connectivity index (χ2n) is 7.38. The first-order chi connectivity index (χ1) is 11.6. The zero-order valence-electron chi connectivity index (χ0n) is 17.0. The fourth-order valence-electron chi connectivity index (χ4n) is 2.64. The van der Waals surface area contributed by atoms with Crippen molar-refractivity contribution in [1.82, 2.24) is 5.32 Å². The summed E-state index contributed by atoms with van der Waals surface area (Å²) >= 11 is 0. The standard InChI is InChI=1S/C11H20O2.C9H15NO2/c1-8(2)6-9(3)10(4)7-11(12)13-5;1-6(2)4-7-8(12-3)5-9(11)10-7/h7-9H,6H2,1-5H3;5-7H,4H2,1-3H3,(H,10,11)/b10-7-;/t9-;/m0./s1. The van der Waals surface area contributed by atoms with Crippen molar-refractivity contribution >= 4 is 11.9 Å². The van der Waals surface area contributed by atoms with Gasteiger partial charge < -0.3 is 14.8 Å². The zero-order chi connectivity index (χ0) is 19.6. The van der Waals surface area contributed by atoms with E-state index in [1.165, 1.54) is 13.2 Å². The Bertz CT molecular complexity index is 492. The average Bonchev–Trinajstić information content (AvgIpc) is 2.85. The van der Waals surface area contributed by atoms with Crippen LogP contribution in [-0.4, -0.2) is 32.1 Å². The highest BCUT2D eigenvalue weighted by atomic mass is 16.5. The van der Waals surface area contributed by atoms with Gasteiger partial charge in [-0.05, 0) is 37.5 Å². The van der Waals surface area contributed by atoms with Crippen molar-refractivity contribution in [2.24, 2.45) is 17.8 Å². The molecule has 0 bridgehead atoms. The van der Waals surface area contributed by atoms with Crippen molar-refractivity contribution in [2.45, 2.75) is 60.4 Å². The summed E-state index contributed by atoms with van der Waals surface area (Å²) < 4.78 is 9.63. The number of methoxy groups -OCH3 is 2. The summed E-state index contributed by atoms with van der Waals surface area (Å²) in [4.78, 5) is 21.9. The van der Waals surface area contributed by atoms with Crippen LogP contribution in [0.4, 0.5) is 0 Å². The Morgan fingerprint density at radius 3 is 2.24 bits per heavy atom. The molecule has 0 saturated carbocycles. The van der Waals surface area contributed by atoms with Crippen LogP contribution in [0.3, 0.4) is 0 Å². The number of esters is 1. The molecule has 5 nitrogen and oxygen atoms in total.